The van der Waals surface area contributed by atoms with Gasteiger partial charge >= 0.3 is 6.18 Å². The Balaban J connectivity index is 1.54. The van der Waals surface area contributed by atoms with Crippen molar-refractivity contribution in [3.05, 3.63) is 94.6 Å². The zero-order valence-electron chi connectivity index (χ0n) is 22.4. The monoisotopic (exact) mass is 551 g/mol. The minimum absolute atomic E-state index is 0.219. The molecule has 0 saturated heterocycles. The Morgan fingerprint density at radius 2 is 1.73 bits per heavy atom. The fraction of sp³-hybridized carbons (Fsp3) is 0.226. The molecular formula is C31H28F3NO5. The number of fused-ring (bicyclic) bond motifs is 1. The molecule has 9 heteroatoms. The first-order valence-electron chi connectivity index (χ1n) is 12.4. The Hall–Kier alpha value is -4.53. The van der Waals surface area contributed by atoms with Crippen molar-refractivity contribution in [1.82, 2.24) is 0 Å². The summed E-state index contributed by atoms with van der Waals surface area (Å²) in [7, 11) is 2.98. The summed E-state index contributed by atoms with van der Waals surface area (Å²) in [6.45, 7) is 3.77. The lowest BCUT2D eigenvalue weighted by molar-refractivity contribution is -0.137. The van der Waals surface area contributed by atoms with E-state index in [1.54, 1.807) is 43.5 Å². The average molecular weight is 552 g/mol. The highest BCUT2D eigenvalue weighted by atomic mass is 19.4. The molecule has 6 nitrogen and oxygen atoms in total. The first-order valence-corrected chi connectivity index (χ1v) is 12.4. The number of amides is 1. The molecule has 1 heterocycles. The smallest absolute Gasteiger partial charge is 0.416 e. The number of hydrogen-bond donors (Lipinski definition) is 1. The van der Waals surface area contributed by atoms with Crippen molar-refractivity contribution in [3.8, 4) is 17.2 Å². The quantitative estimate of drug-likeness (QED) is 0.241. The number of carbonyl (C=O) groups is 2. The van der Waals surface area contributed by atoms with E-state index in [1.807, 2.05) is 26.0 Å². The van der Waals surface area contributed by atoms with E-state index in [0.717, 1.165) is 12.1 Å². The van der Waals surface area contributed by atoms with Crippen molar-refractivity contribution in [1.29, 1.82) is 0 Å². The first-order chi connectivity index (χ1) is 18.9. The second-order valence-corrected chi connectivity index (χ2v) is 9.68. The maximum Gasteiger partial charge on any atom is 0.416 e. The minimum Gasteiger partial charge on any atom is -0.496 e. The van der Waals surface area contributed by atoms with Gasteiger partial charge in [0.05, 0.1) is 43.0 Å². The summed E-state index contributed by atoms with van der Waals surface area (Å²) in [6, 6.07) is 12.9. The number of ether oxygens (including phenoxy) is 3. The Morgan fingerprint density at radius 1 is 1.00 bits per heavy atom. The average Bonchev–Trinajstić information content (AvgIpc) is 2.90. The number of alkyl halides is 3. The van der Waals surface area contributed by atoms with Crippen molar-refractivity contribution in [2.24, 2.45) is 0 Å². The zero-order chi connectivity index (χ0) is 29.1. The van der Waals surface area contributed by atoms with Gasteiger partial charge in [-0.05, 0) is 73.5 Å². The molecule has 0 aromatic heterocycles. The van der Waals surface area contributed by atoms with Gasteiger partial charge in [0, 0.05) is 0 Å². The molecule has 1 aliphatic rings. The molecule has 0 unspecified atom stereocenters. The standard InChI is InChI=1S/C31H28F3NO5/c1-30(2)15-14-23-26(38-3)13-10-22(29(23)40-30)25(36)11-8-19-9-12-27(39-4)24(17-19)35-28(37)18-20-6-5-7-21(16-20)31(32,33)34/h5-17H,18H2,1-4H3,(H,35,37)/b11-8+. The highest BCUT2D eigenvalue weighted by Gasteiger charge is 2.30. The maximum absolute atomic E-state index is 13.2. The third-order valence-electron chi connectivity index (χ3n) is 6.20. The Labute approximate surface area is 230 Å². The summed E-state index contributed by atoms with van der Waals surface area (Å²) in [4.78, 5) is 25.8. The fourth-order valence-corrected chi connectivity index (χ4v) is 4.23. The molecule has 3 aromatic carbocycles. The van der Waals surface area contributed by atoms with Crippen LogP contribution < -0.4 is 19.5 Å². The minimum atomic E-state index is -4.50. The summed E-state index contributed by atoms with van der Waals surface area (Å²) in [5.41, 5.74) is 0.739. The van der Waals surface area contributed by atoms with Crippen molar-refractivity contribution in [2.45, 2.75) is 32.0 Å². The van der Waals surface area contributed by atoms with Crippen LogP contribution in [0.4, 0.5) is 18.9 Å². The highest BCUT2D eigenvalue weighted by Crippen LogP contribution is 2.40. The molecule has 0 saturated carbocycles. The number of nitrogens with one attached hydrogen (secondary N) is 1. The molecule has 1 aliphatic heterocycles. The van der Waals surface area contributed by atoms with E-state index in [-0.39, 0.29) is 17.8 Å². The number of hydrogen-bond acceptors (Lipinski definition) is 5. The van der Waals surface area contributed by atoms with Gasteiger partial charge in [-0.3, -0.25) is 9.59 Å². The Kier molecular flexibility index (Phi) is 8.04. The number of anilines is 1. The number of halogens is 3. The lowest BCUT2D eigenvalue weighted by Crippen LogP contribution is -2.28. The van der Waals surface area contributed by atoms with Crippen LogP contribution in [-0.4, -0.2) is 31.5 Å². The van der Waals surface area contributed by atoms with E-state index >= 15 is 0 Å². The van der Waals surface area contributed by atoms with Gasteiger partial charge in [-0.15, -0.1) is 0 Å². The lowest BCUT2D eigenvalue weighted by atomic mass is 9.97. The molecule has 3 aromatic rings. The highest BCUT2D eigenvalue weighted by molar-refractivity contribution is 6.09. The SMILES string of the molecule is COc1ccc(/C=C/C(=O)c2ccc(OC)c3c2OC(C)(C)C=C3)cc1NC(=O)Cc1cccc(C(F)(F)F)c1. The molecule has 0 atom stereocenters. The van der Waals surface area contributed by atoms with Crippen LogP contribution in [0.2, 0.25) is 0 Å². The van der Waals surface area contributed by atoms with Gasteiger partial charge < -0.3 is 19.5 Å². The number of benzene rings is 3. The summed E-state index contributed by atoms with van der Waals surface area (Å²) in [6.07, 6.45) is 1.98. The van der Waals surface area contributed by atoms with Crippen LogP contribution in [0, 0.1) is 0 Å². The summed E-state index contributed by atoms with van der Waals surface area (Å²) in [5.74, 6) is 0.553. The van der Waals surface area contributed by atoms with E-state index in [0.29, 0.717) is 39.6 Å². The van der Waals surface area contributed by atoms with Crippen LogP contribution in [0.25, 0.3) is 12.2 Å². The van der Waals surface area contributed by atoms with Crippen LogP contribution in [0.1, 0.15) is 46.5 Å². The normalized spacial score (nSPS) is 13.9. The second-order valence-electron chi connectivity index (χ2n) is 9.68. The van der Waals surface area contributed by atoms with Gasteiger partial charge in [0.2, 0.25) is 5.91 Å². The van der Waals surface area contributed by atoms with E-state index < -0.39 is 23.2 Å². The van der Waals surface area contributed by atoms with Gasteiger partial charge in [-0.2, -0.15) is 13.2 Å². The summed E-state index contributed by atoms with van der Waals surface area (Å²) in [5, 5.41) is 2.68. The third-order valence-corrected chi connectivity index (χ3v) is 6.20. The van der Waals surface area contributed by atoms with E-state index in [9.17, 15) is 22.8 Å². The molecule has 208 valence electrons. The largest absolute Gasteiger partial charge is 0.496 e. The molecule has 0 fully saturated rings. The molecule has 40 heavy (non-hydrogen) atoms. The van der Waals surface area contributed by atoms with Gasteiger partial charge in [0.1, 0.15) is 22.8 Å². The van der Waals surface area contributed by atoms with Crippen LogP contribution >= 0.6 is 0 Å². The molecular weight excluding hydrogens is 523 g/mol. The number of allylic oxidation sites excluding steroid dienone is 1. The van der Waals surface area contributed by atoms with Gasteiger partial charge in [0.15, 0.2) is 5.78 Å². The molecule has 0 radical (unpaired) electrons. The predicted molar refractivity (Wildman–Crippen MR) is 147 cm³/mol. The van der Waals surface area contributed by atoms with Gasteiger partial charge in [-0.1, -0.05) is 30.3 Å². The summed E-state index contributed by atoms with van der Waals surface area (Å²) >= 11 is 0. The van der Waals surface area contributed by atoms with Crippen LogP contribution in [-0.2, 0) is 17.4 Å². The third kappa shape index (κ3) is 6.54. The number of carbonyl (C=O) groups excluding carboxylic acids is 2. The molecule has 1 N–H and O–H groups in total. The van der Waals surface area contributed by atoms with E-state index in [2.05, 4.69) is 5.32 Å². The molecule has 1 amide bonds. The van der Waals surface area contributed by atoms with Crippen LogP contribution in [0.5, 0.6) is 17.2 Å². The molecule has 4 rings (SSSR count). The van der Waals surface area contributed by atoms with Crippen LogP contribution in [0.15, 0.2) is 66.7 Å². The van der Waals surface area contributed by atoms with E-state index in [1.165, 1.54) is 25.3 Å². The Morgan fingerprint density at radius 3 is 2.42 bits per heavy atom. The first kappa shape index (κ1) is 28.5. The van der Waals surface area contributed by atoms with Crippen molar-refractivity contribution in [2.75, 3.05) is 19.5 Å². The number of methoxy groups -OCH3 is 2. The second kappa shape index (κ2) is 11.3. The van der Waals surface area contributed by atoms with Crippen LogP contribution in [0.3, 0.4) is 0 Å². The van der Waals surface area contributed by atoms with Crippen molar-refractivity contribution >= 4 is 29.5 Å². The topological polar surface area (TPSA) is 73.9 Å². The van der Waals surface area contributed by atoms with E-state index in [4.69, 9.17) is 14.2 Å². The molecule has 0 aliphatic carbocycles. The predicted octanol–water partition coefficient (Wildman–Crippen LogP) is 6.98. The van der Waals surface area contributed by atoms with Crippen molar-refractivity contribution in [3.63, 3.8) is 0 Å². The van der Waals surface area contributed by atoms with Gasteiger partial charge in [0.25, 0.3) is 0 Å². The number of rotatable bonds is 8. The van der Waals surface area contributed by atoms with Crippen molar-refractivity contribution < 1.29 is 37.0 Å². The zero-order valence-corrected chi connectivity index (χ0v) is 22.4. The Bertz CT molecular complexity index is 1510. The summed E-state index contributed by atoms with van der Waals surface area (Å²) < 4.78 is 55.9. The molecule has 0 spiro atoms. The maximum atomic E-state index is 13.2. The number of ketones is 1. The molecule has 0 bridgehead atoms. The lowest BCUT2D eigenvalue weighted by Gasteiger charge is -2.29. The van der Waals surface area contributed by atoms with Gasteiger partial charge in [-0.25, -0.2) is 0 Å². The fourth-order valence-electron chi connectivity index (χ4n) is 4.23.